The standard InChI is InChI=1S/C15H13NO4/c17-11-6-13(18)12(14(19)7-11)8-16-9-15(20)10-4-2-1-3-5-10/h1-8,17-19H,9H2. The largest absolute Gasteiger partial charge is 0.508 e. The summed E-state index contributed by atoms with van der Waals surface area (Å²) in [5.41, 5.74) is 0.604. The molecule has 0 heterocycles. The van der Waals surface area contributed by atoms with Crippen LogP contribution < -0.4 is 0 Å². The van der Waals surface area contributed by atoms with Crippen molar-refractivity contribution in [3.63, 3.8) is 0 Å². The lowest BCUT2D eigenvalue weighted by Crippen LogP contribution is -2.03. The van der Waals surface area contributed by atoms with E-state index < -0.39 is 0 Å². The molecule has 0 spiro atoms. The van der Waals surface area contributed by atoms with E-state index in [2.05, 4.69) is 4.99 Å². The Morgan fingerprint density at radius 3 is 2.25 bits per heavy atom. The number of ketones is 1. The van der Waals surface area contributed by atoms with Gasteiger partial charge in [0.05, 0.1) is 5.56 Å². The predicted octanol–water partition coefficient (Wildman–Crippen LogP) is 2.11. The van der Waals surface area contributed by atoms with Gasteiger partial charge >= 0.3 is 0 Å². The molecule has 2 aromatic rings. The highest BCUT2D eigenvalue weighted by atomic mass is 16.3. The van der Waals surface area contributed by atoms with Crippen LogP contribution in [0.1, 0.15) is 15.9 Å². The third-order valence-corrected chi connectivity index (χ3v) is 2.67. The minimum atomic E-state index is -0.307. The quantitative estimate of drug-likeness (QED) is 0.586. The number of hydrogen-bond acceptors (Lipinski definition) is 5. The molecule has 0 atom stereocenters. The van der Waals surface area contributed by atoms with Crippen molar-refractivity contribution in [2.75, 3.05) is 6.54 Å². The number of aliphatic imine (C=N–C) groups is 1. The average Bonchev–Trinajstić information content (AvgIpc) is 2.42. The minimum absolute atomic E-state index is 0.0589. The molecule has 0 saturated carbocycles. The van der Waals surface area contributed by atoms with E-state index >= 15 is 0 Å². The van der Waals surface area contributed by atoms with Crippen LogP contribution in [0.5, 0.6) is 17.2 Å². The summed E-state index contributed by atoms with van der Waals surface area (Å²) in [6.45, 7) is -0.0935. The van der Waals surface area contributed by atoms with E-state index in [1.165, 1.54) is 6.21 Å². The van der Waals surface area contributed by atoms with Gasteiger partial charge < -0.3 is 15.3 Å². The van der Waals surface area contributed by atoms with Crippen molar-refractivity contribution in [1.82, 2.24) is 0 Å². The zero-order valence-electron chi connectivity index (χ0n) is 10.5. The summed E-state index contributed by atoms with van der Waals surface area (Å²) in [5, 5.41) is 28.3. The maximum Gasteiger partial charge on any atom is 0.184 e. The van der Waals surface area contributed by atoms with Crippen LogP contribution in [0, 0.1) is 0 Å². The Morgan fingerprint density at radius 1 is 1.05 bits per heavy atom. The average molecular weight is 271 g/mol. The zero-order chi connectivity index (χ0) is 14.5. The molecule has 0 fully saturated rings. The fourth-order valence-corrected chi connectivity index (χ4v) is 1.68. The first kappa shape index (κ1) is 13.6. The number of benzene rings is 2. The van der Waals surface area contributed by atoms with Crippen LogP contribution in [0.3, 0.4) is 0 Å². The molecular weight excluding hydrogens is 258 g/mol. The number of phenolic OH excluding ortho intramolecular Hbond substituents is 3. The predicted molar refractivity (Wildman–Crippen MR) is 74.7 cm³/mol. The first-order valence-electron chi connectivity index (χ1n) is 5.91. The highest BCUT2D eigenvalue weighted by Crippen LogP contribution is 2.30. The molecule has 0 aliphatic carbocycles. The SMILES string of the molecule is O=C(CN=Cc1c(O)cc(O)cc1O)c1ccccc1. The van der Waals surface area contributed by atoms with E-state index in [4.69, 9.17) is 5.11 Å². The second-order valence-electron chi connectivity index (χ2n) is 4.16. The second-order valence-corrected chi connectivity index (χ2v) is 4.16. The van der Waals surface area contributed by atoms with Crippen LogP contribution in [0.25, 0.3) is 0 Å². The van der Waals surface area contributed by atoms with Crippen LogP contribution in [-0.2, 0) is 0 Å². The van der Waals surface area contributed by atoms with Gasteiger partial charge in [0.1, 0.15) is 23.8 Å². The molecule has 2 rings (SSSR count). The van der Waals surface area contributed by atoms with Gasteiger partial charge in [0.2, 0.25) is 0 Å². The summed E-state index contributed by atoms with van der Waals surface area (Å²) >= 11 is 0. The number of carbonyl (C=O) groups excluding carboxylic acids is 1. The lowest BCUT2D eigenvalue weighted by molar-refractivity contribution is 0.100. The number of Topliss-reactive ketones (excluding diaryl/α,β-unsaturated/α-hetero) is 1. The van der Waals surface area contributed by atoms with Crippen LogP contribution in [0.4, 0.5) is 0 Å². The van der Waals surface area contributed by atoms with Crippen molar-refractivity contribution >= 4 is 12.0 Å². The molecule has 3 N–H and O–H groups in total. The minimum Gasteiger partial charge on any atom is -0.508 e. The Bertz CT molecular complexity index is 627. The molecule has 0 aliphatic rings. The van der Waals surface area contributed by atoms with Gasteiger partial charge in [-0.2, -0.15) is 0 Å². The number of hydrogen-bond donors (Lipinski definition) is 3. The van der Waals surface area contributed by atoms with E-state index in [0.29, 0.717) is 5.56 Å². The number of aromatic hydroxyl groups is 3. The van der Waals surface area contributed by atoms with E-state index in [1.807, 2.05) is 6.07 Å². The first-order chi connectivity index (χ1) is 9.58. The highest BCUT2D eigenvalue weighted by Gasteiger charge is 2.08. The maximum absolute atomic E-state index is 11.8. The zero-order valence-corrected chi connectivity index (χ0v) is 10.5. The van der Waals surface area contributed by atoms with E-state index in [1.54, 1.807) is 24.3 Å². The van der Waals surface area contributed by atoms with Gasteiger partial charge in [-0.3, -0.25) is 9.79 Å². The second kappa shape index (κ2) is 5.88. The Morgan fingerprint density at radius 2 is 1.65 bits per heavy atom. The topological polar surface area (TPSA) is 90.1 Å². The third kappa shape index (κ3) is 3.14. The molecule has 102 valence electrons. The van der Waals surface area contributed by atoms with Crippen LogP contribution in [0.15, 0.2) is 47.5 Å². The summed E-state index contributed by atoms with van der Waals surface area (Å²) in [4.78, 5) is 15.7. The number of nitrogens with zero attached hydrogens (tertiary/aromatic N) is 1. The summed E-state index contributed by atoms with van der Waals surface area (Å²) in [6, 6.07) is 10.9. The number of phenols is 3. The van der Waals surface area contributed by atoms with Gasteiger partial charge in [0.15, 0.2) is 5.78 Å². The molecular formula is C15H13NO4. The monoisotopic (exact) mass is 271 g/mol. The van der Waals surface area contributed by atoms with Crippen molar-refractivity contribution in [3.8, 4) is 17.2 Å². The van der Waals surface area contributed by atoms with Gasteiger partial charge in [0, 0.05) is 23.9 Å². The molecule has 0 radical (unpaired) electrons. The van der Waals surface area contributed by atoms with Gasteiger partial charge in [-0.1, -0.05) is 30.3 Å². The highest BCUT2D eigenvalue weighted by molar-refractivity contribution is 5.99. The van der Waals surface area contributed by atoms with Crippen molar-refractivity contribution in [2.24, 2.45) is 4.99 Å². The van der Waals surface area contributed by atoms with Gasteiger partial charge in [-0.25, -0.2) is 0 Å². The summed E-state index contributed by atoms with van der Waals surface area (Å²) in [7, 11) is 0. The fourth-order valence-electron chi connectivity index (χ4n) is 1.68. The van der Waals surface area contributed by atoms with E-state index in [-0.39, 0.29) is 35.1 Å². The lowest BCUT2D eigenvalue weighted by atomic mass is 10.1. The van der Waals surface area contributed by atoms with Crippen molar-refractivity contribution in [1.29, 1.82) is 0 Å². The Balaban J connectivity index is 2.10. The molecule has 0 saturated heterocycles. The summed E-state index contributed by atoms with van der Waals surface area (Å²) in [6.07, 6.45) is 1.20. The third-order valence-electron chi connectivity index (χ3n) is 2.67. The lowest BCUT2D eigenvalue weighted by Gasteiger charge is -2.03. The first-order valence-corrected chi connectivity index (χ1v) is 5.91. The van der Waals surface area contributed by atoms with Gasteiger partial charge in [0.25, 0.3) is 0 Å². The van der Waals surface area contributed by atoms with Crippen molar-refractivity contribution in [3.05, 3.63) is 53.6 Å². The molecule has 0 amide bonds. The molecule has 20 heavy (non-hydrogen) atoms. The Kier molecular flexibility index (Phi) is 4.00. The molecule has 0 aliphatic heterocycles. The summed E-state index contributed by atoms with van der Waals surface area (Å²) < 4.78 is 0. The van der Waals surface area contributed by atoms with E-state index in [0.717, 1.165) is 12.1 Å². The maximum atomic E-state index is 11.8. The number of carbonyl (C=O) groups is 1. The normalized spacial score (nSPS) is 10.8. The molecule has 5 nitrogen and oxygen atoms in total. The fraction of sp³-hybridized carbons (Fsp3) is 0.0667. The Hall–Kier alpha value is -2.82. The summed E-state index contributed by atoms with van der Waals surface area (Å²) in [5.74, 6) is -1.03. The van der Waals surface area contributed by atoms with Crippen molar-refractivity contribution < 1.29 is 20.1 Å². The van der Waals surface area contributed by atoms with Gasteiger partial charge in [-0.05, 0) is 0 Å². The molecule has 2 aromatic carbocycles. The Labute approximate surface area is 115 Å². The van der Waals surface area contributed by atoms with E-state index in [9.17, 15) is 15.0 Å². The number of rotatable bonds is 4. The molecule has 0 unspecified atom stereocenters. The van der Waals surface area contributed by atoms with Crippen LogP contribution in [0.2, 0.25) is 0 Å². The molecule has 0 bridgehead atoms. The van der Waals surface area contributed by atoms with Gasteiger partial charge in [-0.15, -0.1) is 0 Å². The smallest absolute Gasteiger partial charge is 0.184 e. The van der Waals surface area contributed by atoms with Crippen LogP contribution in [-0.4, -0.2) is 33.9 Å². The molecule has 5 heteroatoms. The van der Waals surface area contributed by atoms with Crippen molar-refractivity contribution in [2.45, 2.75) is 0 Å². The van der Waals surface area contributed by atoms with Crippen LogP contribution >= 0.6 is 0 Å². The molecule has 0 aromatic heterocycles.